The molecule has 7 heteroatoms. The average molecular weight is 417 g/mol. The molecule has 0 aliphatic rings. The third kappa shape index (κ3) is 5.19. The summed E-state index contributed by atoms with van der Waals surface area (Å²) in [4.78, 5) is 9.48. The number of nitrogens with zero attached hydrogens (tertiary/aromatic N) is 4. The zero-order valence-corrected chi connectivity index (χ0v) is 17.7. The van der Waals surface area contributed by atoms with Gasteiger partial charge in [0.25, 0.3) is 0 Å². The SMILES string of the molecule is CC(Nc1nc(NCCCCO)nc2c1cnn2Cc1ccccc1)c1ccccc1. The van der Waals surface area contributed by atoms with Crippen LogP contribution in [0.15, 0.2) is 66.9 Å². The molecule has 0 radical (unpaired) electrons. The maximum absolute atomic E-state index is 9.02. The van der Waals surface area contributed by atoms with E-state index in [1.165, 1.54) is 5.56 Å². The van der Waals surface area contributed by atoms with Gasteiger partial charge in [0.1, 0.15) is 5.82 Å². The summed E-state index contributed by atoms with van der Waals surface area (Å²) in [5.41, 5.74) is 3.13. The summed E-state index contributed by atoms with van der Waals surface area (Å²) >= 11 is 0. The molecule has 4 aromatic rings. The molecule has 2 aromatic heterocycles. The summed E-state index contributed by atoms with van der Waals surface area (Å²) in [5, 5.41) is 21.3. The lowest BCUT2D eigenvalue weighted by atomic mass is 10.1. The van der Waals surface area contributed by atoms with Gasteiger partial charge in [0, 0.05) is 19.2 Å². The van der Waals surface area contributed by atoms with Crippen LogP contribution in [-0.2, 0) is 6.54 Å². The van der Waals surface area contributed by atoms with Crippen LogP contribution in [0.25, 0.3) is 11.0 Å². The smallest absolute Gasteiger partial charge is 0.226 e. The van der Waals surface area contributed by atoms with E-state index in [2.05, 4.69) is 46.9 Å². The molecule has 0 aliphatic carbocycles. The normalized spacial score (nSPS) is 12.1. The molecule has 0 bridgehead atoms. The average Bonchev–Trinajstić information content (AvgIpc) is 3.21. The van der Waals surface area contributed by atoms with Gasteiger partial charge in [-0.1, -0.05) is 60.7 Å². The van der Waals surface area contributed by atoms with Crippen LogP contribution in [-0.4, -0.2) is 38.0 Å². The van der Waals surface area contributed by atoms with Gasteiger partial charge in [-0.2, -0.15) is 15.1 Å². The summed E-state index contributed by atoms with van der Waals surface area (Å²) in [6, 6.07) is 20.6. The molecule has 0 saturated carbocycles. The van der Waals surface area contributed by atoms with E-state index in [9.17, 15) is 0 Å². The topological polar surface area (TPSA) is 87.9 Å². The molecule has 0 aliphatic heterocycles. The first-order valence-corrected chi connectivity index (χ1v) is 10.7. The Balaban J connectivity index is 1.65. The fraction of sp³-hybridized carbons (Fsp3) is 0.292. The van der Waals surface area contributed by atoms with Gasteiger partial charge in [-0.25, -0.2) is 4.68 Å². The molecule has 0 saturated heterocycles. The van der Waals surface area contributed by atoms with E-state index in [1.807, 2.05) is 47.3 Å². The zero-order chi connectivity index (χ0) is 21.5. The van der Waals surface area contributed by atoms with Crippen molar-refractivity contribution in [1.29, 1.82) is 0 Å². The first-order chi connectivity index (χ1) is 15.2. The molecule has 7 nitrogen and oxygen atoms in total. The lowest BCUT2D eigenvalue weighted by Gasteiger charge is -2.16. The molecule has 1 unspecified atom stereocenters. The predicted molar refractivity (Wildman–Crippen MR) is 124 cm³/mol. The van der Waals surface area contributed by atoms with E-state index in [-0.39, 0.29) is 12.6 Å². The maximum Gasteiger partial charge on any atom is 0.226 e. The Morgan fingerprint density at radius 2 is 1.71 bits per heavy atom. The van der Waals surface area contributed by atoms with Crippen LogP contribution in [0.2, 0.25) is 0 Å². The number of benzene rings is 2. The number of aliphatic hydroxyl groups excluding tert-OH is 1. The van der Waals surface area contributed by atoms with Crippen molar-refractivity contribution in [2.45, 2.75) is 32.4 Å². The number of hydrogen-bond donors (Lipinski definition) is 3. The third-order valence-corrected chi connectivity index (χ3v) is 5.19. The van der Waals surface area contributed by atoms with Gasteiger partial charge in [-0.3, -0.25) is 0 Å². The predicted octanol–water partition coefficient (Wildman–Crippen LogP) is 4.23. The second-order valence-corrected chi connectivity index (χ2v) is 7.56. The van der Waals surface area contributed by atoms with E-state index >= 15 is 0 Å². The number of aromatic nitrogens is 4. The summed E-state index contributed by atoms with van der Waals surface area (Å²) in [7, 11) is 0. The summed E-state index contributed by atoms with van der Waals surface area (Å²) < 4.78 is 1.91. The molecular formula is C24H28N6O. The molecule has 2 heterocycles. The van der Waals surface area contributed by atoms with Crippen molar-refractivity contribution in [3.63, 3.8) is 0 Å². The van der Waals surface area contributed by atoms with Crippen LogP contribution in [0.5, 0.6) is 0 Å². The first kappa shape index (κ1) is 20.8. The Hall–Kier alpha value is -3.45. The molecule has 0 fully saturated rings. The van der Waals surface area contributed by atoms with E-state index in [1.54, 1.807) is 0 Å². The Morgan fingerprint density at radius 3 is 2.45 bits per heavy atom. The van der Waals surface area contributed by atoms with Crippen molar-refractivity contribution >= 4 is 22.8 Å². The highest BCUT2D eigenvalue weighted by molar-refractivity contribution is 5.87. The van der Waals surface area contributed by atoms with Crippen LogP contribution in [0.3, 0.4) is 0 Å². The van der Waals surface area contributed by atoms with Gasteiger partial charge >= 0.3 is 0 Å². The third-order valence-electron chi connectivity index (χ3n) is 5.19. The van der Waals surface area contributed by atoms with Crippen LogP contribution in [0, 0.1) is 0 Å². The molecule has 1 atom stereocenters. The van der Waals surface area contributed by atoms with Gasteiger partial charge in [-0.15, -0.1) is 0 Å². The van der Waals surface area contributed by atoms with E-state index < -0.39 is 0 Å². The molecule has 0 amide bonds. The Kier molecular flexibility index (Phi) is 6.74. The van der Waals surface area contributed by atoms with Gasteiger partial charge in [0.05, 0.1) is 18.1 Å². The number of fused-ring (bicyclic) bond motifs is 1. The number of rotatable bonds is 10. The molecule has 2 aromatic carbocycles. The molecule has 31 heavy (non-hydrogen) atoms. The van der Waals surface area contributed by atoms with Crippen LogP contribution in [0.4, 0.5) is 11.8 Å². The highest BCUT2D eigenvalue weighted by Crippen LogP contribution is 2.26. The number of aliphatic hydroxyl groups is 1. The standard InChI is InChI=1S/C24H28N6O/c1-18(20-12-6-3-7-13-20)27-22-21-16-26-30(17-19-10-4-2-5-11-19)23(21)29-24(28-22)25-14-8-9-15-31/h2-7,10-13,16,18,31H,8-9,14-15,17H2,1H3,(H2,25,27,28,29). The summed E-state index contributed by atoms with van der Waals surface area (Å²) in [6.07, 6.45) is 3.43. The van der Waals surface area contributed by atoms with Crippen molar-refractivity contribution in [1.82, 2.24) is 19.7 Å². The largest absolute Gasteiger partial charge is 0.396 e. The molecule has 4 rings (SSSR count). The molecule has 160 valence electrons. The Bertz CT molecular complexity index is 1100. The highest BCUT2D eigenvalue weighted by atomic mass is 16.2. The van der Waals surface area contributed by atoms with Crippen molar-refractivity contribution in [2.75, 3.05) is 23.8 Å². The number of unbranched alkanes of at least 4 members (excludes halogenated alkanes) is 1. The number of anilines is 2. The second-order valence-electron chi connectivity index (χ2n) is 7.56. The van der Waals surface area contributed by atoms with Gasteiger partial charge in [-0.05, 0) is 30.9 Å². The Labute approximate surface area is 182 Å². The maximum atomic E-state index is 9.02. The number of nitrogens with one attached hydrogen (secondary N) is 2. The second kappa shape index (κ2) is 10.0. The fourth-order valence-electron chi connectivity index (χ4n) is 3.48. The van der Waals surface area contributed by atoms with Crippen molar-refractivity contribution in [3.05, 3.63) is 78.0 Å². The van der Waals surface area contributed by atoms with Gasteiger partial charge in [0.2, 0.25) is 5.95 Å². The quantitative estimate of drug-likeness (QED) is 0.335. The van der Waals surface area contributed by atoms with E-state index in [4.69, 9.17) is 15.1 Å². The van der Waals surface area contributed by atoms with Crippen LogP contribution < -0.4 is 10.6 Å². The van der Waals surface area contributed by atoms with Crippen molar-refractivity contribution < 1.29 is 5.11 Å². The van der Waals surface area contributed by atoms with Gasteiger partial charge in [0.15, 0.2) is 5.65 Å². The zero-order valence-electron chi connectivity index (χ0n) is 17.7. The van der Waals surface area contributed by atoms with Crippen molar-refractivity contribution in [2.24, 2.45) is 0 Å². The lowest BCUT2D eigenvalue weighted by Crippen LogP contribution is -2.12. The molecule has 0 spiro atoms. The van der Waals surface area contributed by atoms with Crippen LogP contribution in [0.1, 0.15) is 36.9 Å². The summed E-state index contributed by atoms with van der Waals surface area (Å²) in [5.74, 6) is 1.31. The van der Waals surface area contributed by atoms with Crippen LogP contribution >= 0.6 is 0 Å². The lowest BCUT2D eigenvalue weighted by molar-refractivity contribution is 0.286. The van der Waals surface area contributed by atoms with E-state index in [0.29, 0.717) is 19.0 Å². The minimum absolute atomic E-state index is 0.0824. The fourth-order valence-corrected chi connectivity index (χ4v) is 3.48. The van der Waals surface area contributed by atoms with Crippen molar-refractivity contribution in [3.8, 4) is 0 Å². The van der Waals surface area contributed by atoms with E-state index in [0.717, 1.165) is 35.3 Å². The molecular weight excluding hydrogens is 388 g/mol. The summed E-state index contributed by atoms with van der Waals surface area (Å²) in [6.45, 7) is 3.64. The first-order valence-electron chi connectivity index (χ1n) is 10.7. The number of hydrogen-bond acceptors (Lipinski definition) is 6. The highest BCUT2D eigenvalue weighted by Gasteiger charge is 2.15. The minimum atomic E-state index is 0.0824. The monoisotopic (exact) mass is 416 g/mol. The molecule has 3 N–H and O–H groups in total. The minimum Gasteiger partial charge on any atom is -0.396 e. The Morgan fingerprint density at radius 1 is 0.968 bits per heavy atom. The van der Waals surface area contributed by atoms with Gasteiger partial charge < -0.3 is 15.7 Å².